The SMILES string of the molecule is COc1ccc2c(c1)-c1nnc(COc3ccccc3)n1Cc1c(C(=O)OC(C)C)ncn1-2. The largest absolute Gasteiger partial charge is 0.497 e. The number of carbonyl (C=O) groups is 1. The Morgan fingerprint density at radius 1 is 1.09 bits per heavy atom. The molecule has 0 fully saturated rings. The first-order valence-electron chi connectivity index (χ1n) is 10.6. The number of hydrogen-bond donors (Lipinski definition) is 0. The molecular formula is C24H23N5O4. The van der Waals surface area contributed by atoms with E-state index in [2.05, 4.69) is 15.2 Å². The van der Waals surface area contributed by atoms with Gasteiger partial charge in [0.15, 0.2) is 17.3 Å². The van der Waals surface area contributed by atoms with Gasteiger partial charge in [0, 0.05) is 5.56 Å². The van der Waals surface area contributed by atoms with Crippen LogP contribution in [0.5, 0.6) is 11.5 Å². The van der Waals surface area contributed by atoms with E-state index in [1.807, 2.05) is 71.5 Å². The van der Waals surface area contributed by atoms with Crippen molar-refractivity contribution in [2.24, 2.45) is 0 Å². The van der Waals surface area contributed by atoms with E-state index >= 15 is 0 Å². The van der Waals surface area contributed by atoms with Gasteiger partial charge in [0.1, 0.15) is 24.4 Å². The number of hydrogen-bond acceptors (Lipinski definition) is 7. The van der Waals surface area contributed by atoms with Crippen molar-refractivity contribution in [3.63, 3.8) is 0 Å². The van der Waals surface area contributed by atoms with E-state index in [1.165, 1.54) is 0 Å². The zero-order valence-corrected chi connectivity index (χ0v) is 18.6. The standard InChI is InChI=1S/C24H23N5O4/c1-15(2)33-24(30)22-20-12-28-21(13-32-16-7-5-4-6-8-16)26-27-23(28)18-11-17(31-3)9-10-19(18)29(20)14-25-22/h4-11,14-15H,12-13H2,1-3H3. The number of nitrogens with zero attached hydrogens (tertiary/aromatic N) is 5. The summed E-state index contributed by atoms with van der Waals surface area (Å²) < 4.78 is 20.6. The van der Waals surface area contributed by atoms with Crippen molar-refractivity contribution in [1.82, 2.24) is 24.3 Å². The Bertz CT molecular complexity index is 1310. The molecule has 0 aliphatic carbocycles. The quantitative estimate of drug-likeness (QED) is 0.368. The Labute approximate surface area is 190 Å². The first-order chi connectivity index (χ1) is 16.0. The van der Waals surface area contributed by atoms with Crippen LogP contribution in [-0.2, 0) is 17.9 Å². The lowest BCUT2D eigenvalue weighted by atomic mass is 10.1. The molecule has 5 rings (SSSR count). The van der Waals surface area contributed by atoms with Crippen molar-refractivity contribution < 1.29 is 19.0 Å². The van der Waals surface area contributed by atoms with Gasteiger partial charge in [-0.05, 0) is 44.2 Å². The molecule has 9 nitrogen and oxygen atoms in total. The summed E-state index contributed by atoms with van der Waals surface area (Å²) in [5.41, 5.74) is 2.59. The minimum atomic E-state index is -0.465. The molecule has 1 aliphatic heterocycles. The van der Waals surface area contributed by atoms with E-state index in [0.717, 1.165) is 17.0 Å². The maximum absolute atomic E-state index is 12.8. The number of para-hydroxylation sites is 1. The smallest absolute Gasteiger partial charge is 0.359 e. The normalized spacial score (nSPS) is 11.9. The third-order valence-electron chi connectivity index (χ3n) is 5.35. The van der Waals surface area contributed by atoms with Crippen molar-refractivity contribution in [1.29, 1.82) is 0 Å². The van der Waals surface area contributed by atoms with Gasteiger partial charge in [-0.1, -0.05) is 18.2 Å². The van der Waals surface area contributed by atoms with Crippen LogP contribution >= 0.6 is 0 Å². The van der Waals surface area contributed by atoms with Crippen LogP contribution in [-0.4, -0.2) is 43.5 Å². The zero-order valence-electron chi connectivity index (χ0n) is 18.6. The summed E-state index contributed by atoms with van der Waals surface area (Å²) in [7, 11) is 1.62. The number of imidazole rings is 1. The molecule has 2 aromatic carbocycles. The highest BCUT2D eigenvalue weighted by molar-refractivity contribution is 5.89. The molecule has 0 unspecified atom stereocenters. The van der Waals surface area contributed by atoms with Gasteiger partial charge in [0.25, 0.3) is 0 Å². The number of methoxy groups -OCH3 is 1. The first kappa shape index (κ1) is 20.7. The summed E-state index contributed by atoms with van der Waals surface area (Å²) >= 11 is 0. The molecular weight excluding hydrogens is 422 g/mol. The summed E-state index contributed by atoms with van der Waals surface area (Å²) in [6.07, 6.45) is 1.38. The van der Waals surface area contributed by atoms with E-state index < -0.39 is 5.97 Å². The fourth-order valence-electron chi connectivity index (χ4n) is 3.83. The summed E-state index contributed by atoms with van der Waals surface area (Å²) in [4.78, 5) is 17.2. The van der Waals surface area contributed by atoms with Gasteiger partial charge in [-0.25, -0.2) is 9.78 Å². The Morgan fingerprint density at radius 2 is 1.91 bits per heavy atom. The highest BCUT2D eigenvalue weighted by atomic mass is 16.5. The Balaban J connectivity index is 1.61. The van der Waals surface area contributed by atoms with E-state index in [-0.39, 0.29) is 18.4 Å². The lowest BCUT2D eigenvalue weighted by Crippen LogP contribution is -2.17. The lowest BCUT2D eigenvalue weighted by molar-refractivity contribution is 0.0370. The summed E-state index contributed by atoms with van der Waals surface area (Å²) in [6, 6.07) is 15.2. The van der Waals surface area contributed by atoms with Crippen molar-refractivity contribution >= 4 is 5.97 Å². The molecule has 0 amide bonds. The first-order valence-corrected chi connectivity index (χ1v) is 10.6. The maximum atomic E-state index is 12.8. The maximum Gasteiger partial charge on any atom is 0.359 e. The Morgan fingerprint density at radius 3 is 2.67 bits per heavy atom. The second kappa shape index (κ2) is 8.42. The minimum absolute atomic E-state index is 0.218. The number of rotatable bonds is 6. The van der Waals surface area contributed by atoms with Gasteiger partial charge in [-0.15, -0.1) is 10.2 Å². The molecule has 0 atom stereocenters. The molecule has 9 heteroatoms. The molecule has 0 bridgehead atoms. The predicted octanol–water partition coefficient (Wildman–Crippen LogP) is 3.65. The number of carbonyl (C=O) groups excluding carboxylic acids is 1. The van der Waals surface area contributed by atoms with Gasteiger partial charge in [-0.3, -0.25) is 4.57 Å². The van der Waals surface area contributed by atoms with Crippen molar-refractivity contribution in [3.8, 4) is 28.6 Å². The average Bonchev–Trinajstić information content (AvgIpc) is 3.39. The molecule has 1 aliphatic rings. The number of esters is 1. The Hall–Kier alpha value is -4.14. The fraction of sp³-hybridized carbons (Fsp3) is 0.250. The lowest BCUT2D eigenvalue weighted by Gasteiger charge is -2.11. The summed E-state index contributed by atoms with van der Waals surface area (Å²) in [5, 5.41) is 8.85. The van der Waals surface area contributed by atoms with E-state index in [0.29, 0.717) is 29.6 Å². The van der Waals surface area contributed by atoms with Gasteiger partial charge < -0.3 is 18.8 Å². The van der Waals surface area contributed by atoms with Gasteiger partial charge in [-0.2, -0.15) is 0 Å². The third-order valence-corrected chi connectivity index (χ3v) is 5.35. The fourth-order valence-corrected chi connectivity index (χ4v) is 3.83. The molecule has 0 saturated heterocycles. The summed E-state index contributed by atoms with van der Waals surface area (Å²) in [6.45, 7) is 4.17. The van der Waals surface area contributed by atoms with Crippen LogP contribution in [0.25, 0.3) is 17.1 Å². The second-order valence-electron chi connectivity index (χ2n) is 7.87. The molecule has 0 saturated carbocycles. The van der Waals surface area contributed by atoms with E-state index in [9.17, 15) is 4.79 Å². The van der Waals surface area contributed by atoms with Crippen LogP contribution in [0.2, 0.25) is 0 Å². The number of benzene rings is 2. The number of aromatic nitrogens is 5. The average molecular weight is 445 g/mol. The van der Waals surface area contributed by atoms with Gasteiger partial charge >= 0.3 is 5.97 Å². The number of ether oxygens (including phenoxy) is 3. The van der Waals surface area contributed by atoms with Crippen LogP contribution in [0.3, 0.4) is 0 Å². The molecule has 2 aromatic heterocycles. The molecule has 0 radical (unpaired) electrons. The Kier molecular flexibility index (Phi) is 5.29. The molecule has 3 heterocycles. The van der Waals surface area contributed by atoms with Crippen LogP contribution in [0, 0.1) is 0 Å². The van der Waals surface area contributed by atoms with Crippen molar-refractivity contribution in [2.45, 2.75) is 33.1 Å². The second-order valence-corrected chi connectivity index (χ2v) is 7.87. The van der Waals surface area contributed by atoms with Gasteiger partial charge in [0.2, 0.25) is 0 Å². The van der Waals surface area contributed by atoms with Gasteiger partial charge in [0.05, 0.1) is 31.1 Å². The molecule has 0 N–H and O–H groups in total. The topological polar surface area (TPSA) is 93.3 Å². The van der Waals surface area contributed by atoms with Crippen LogP contribution in [0.1, 0.15) is 35.9 Å². The predicted molar refractivity (Wildman–Crippen MR) is 120 cm³/mol. The van der Waals surface area contributed by atoms with Crippen LogP contribution in [0.15, 0.2) is 54.9 Å². The van der Waals surface area contributed by atoms with E-state index in [4.69, 9.17) is 14.2 Å². The highest BCUT2D eigenvalue weighted by Crippen LogP contribution is 2.35. The molecule has 4 aromatic rings. The number of fused-ring (bicyclic) bond motifs is 5. The van der Waals surface area contributed by atoms with Crippen molar-refractivity contribution in [2.75, 3.05) is 7.11 Å². The highest BCUT2D eigenvalue weighted by Gasteiger charge is 2.29. The molecule has 33 heavy (non-hydrogen) atoms. The monoisotopic (exact) mass is 445 g/mol. The minimum Gasteiger partial charge on any atom is -0.497 e. The molecule has 0 spiro atoms. The zero-order chi connectivity index (χ0) is 22.9. The molecule has 168 valence electrons. The van der Waals surface area contributed by atoms with E-state index in [1.54, 1.807) is 13.4 Å². The van der Waals surface area contributed by atoms with Crippen molar-refractivity contribution in [3.05, 3.63) is 72.1 Å². The third kappa shape index (κ3) is 3.82. The summed E-state index contributed by atoms with van der Waals surface area (Å²) in [5.74, 6) is 2.24. The van der Waals surface area contributed by atoms with Crippen LogP contribution in [0.4, 0.5) is 0 Å². The van der Waals surface area contributed by atoms with Crippen LogP contribution < -0.4 is 9.47 Å².